The number of nitrogens with zero attached hydrogens (tertiary/aromatic N) is 8. The van der Waals surface area contributed by atoms with Gasteiger partial charge in [-0.1, -0.05) is 47.7 Å². The van der Waals surface area contributed by atoms with Crippen molar-refractivity contribution in [3.05, 3.63) is 78.0 Å². The molecule has 3 amide bonds. The largest absolute Gasteiger partial charge is 0.383 e. The van der Waals surface area contributed by atoms with Crippen molar-refractivity contribution in [3.63, 3.8) is 0 Å². The van der Waals surface area contributed by atoms with Gasteiger partial charge in [-0.25, -0.2) is 14.6 Å². The monoisotopic (exact) mass is 951 g/mol. The van der Waals surface area contributed by atoms with Crippen molar-refractivity contribution in [2.45, 2.75) is 146 Å². The molecule has 0 radical (unpaired) electrons. The number of rotatable bonds is 14. The first kappa shape index (κ1) is 46.8. The number of benzene rings is 1. The van der Waals surface area contributed by atoms with Gasteiger partial charge in [0.2, 0.25) is 17.7 Å². The molecule has 0 spiro atoms. The Bertz CT molecular complexity index is 2750. The van der Waals surface area contributed by atoms with E-state index in [1.165, 1.54) is 23.0 Å². The normalized spacial score (nSPS) is 23.2. The number of amides is 3. The Morgan fingerprint density at radius 2 is 1.65 bits per heavy atom. The maximum Gasteiger partial charge on any atom is 0.249 e. The summed E-state index contributed by atoms with van der Waals surface area (Å²) in [5.74, 6) is 2.41. The summed E-state index contributed by atoms with van der Waals surface area (Å²) in [6.07, 6.45) is 15.6. The topological polar surface area (TPSA) is 190 Å². The first-order valence-electron chi connectivity index (χ1n) is 25.2. The number of imide groups is 1. The van der Waals surface area contributed by atoms with Crippen LogP contribution in [-0.4, -0.2) is 100 Å². The summed E-state index contributed by atoms with van der Waals surface area (Å²) in [4.78, 5) is 57.0. The summed E-state index contributed by atoms with van der Waals surface area (Å²) in [6.45, 7) is 14.3. The molecule has 3 atom stereocenters. The van der Waals surface area contributed by atoms with Crippen LogP contribution in [0.2, 0.25) is 0 Å². The molecular formula is C53H65N11O4S. The van der Waals surface area contributed by atoms with E-state index in [9.17, 15) is 14.4 Å². The molecule has 2 aliphatic carbocycles. The van der Waals surface area contributed by atoms with Gasteiger partial charge in [0.1, 0.15) is 35.3 Å². The van der Waals surface area contributed by atoms with Gasteiger partial charge < -0.3 is 20.5 Å². The molecular weight excluding hydrogens is 887 g/mol. The molecule has 3 aliphatic heterocycles. The maximum absolute atomic E-state index is 13.6. The van der Waals surface area contributed by atoms with Gasteiger partial charge in [-0.3, -0.25) is 29.6 Å². The number of aromatic nitrogens is 6. The molecule has 7 heterocycles. The van der Waals surface area contributed by atoms with Crippen LogP contribution in [0.4, 0.5) is 11.5 Å². The number of fused-ring (bicyclic) bond motifs is 1. The minimum Gasteiger partial charge on any atom is -0.383 e. The molecule has 69 heavy (non-hydrogen) atoms. The zero-order valence-corrected chi connectivity index (χ0v) is 41.0. The molecule has 4 aromatic heterocycles. The van der Waals surface area contributed by atoms with E-state index >= 15 is 0 Å². The van der Waals surface area contributed by atoms with Crippen LogP contribution in [0.25, 0.3) is 33.7 Å². The lowest BCUT2D eigenvalue weighted by atomic mass is 9.70. The highest BCUT2D eigenvalue weighted by molar-refractivity contribution is 7.80. The van der Waals surface area contributed by atoms with Gasteiger partial charge in [0.25, 0.3) is 0 Å². The number of pyridine rings is 1. The number of piperidine rings is 3. The standard InChI is InChI=1S/C53H65N11O4S/c1-31(2)53(63-26-21-34(22-27-63)33-10-13-39(14-11-33)58-41-16-17-43(65)59-52(41)67)23-18-36(42(69)28-53)6-5-7-44(66)62-24-19-35(20-25-62)38-12-15-40(55-29-38)45-48(61-68-49(45)37-8-9-37)47-46-50(54)56-30-57-51(46)64(60-47)32(3)4/h10-15,29-30,32,34-37,41,58H,1,5-9,16-28H2,2-4H3,(H2,54,56,57)(H,59,65,67)/t36-,41?,53-/m1/s1. The van der Waals surface area contributed by atoms with Crippen molar-refractivity contribution in [1.82, 2.24) is 45.0 Å². The van der Waals surface area contributed by atoms with Crippen molar-refractivity contribution >= 4 is 57.3 Å². The molecule has 1 unspecified atom stereocenters. The number of nitrogen functional groups attached to an aromatic ring is 1. The SMILES string of the molecule is C=C(C)[C@@]1(N2CCC(c3ccc(NC4CCC(=O)NC4=O)cc3)CC2)CC[C@@H](CCCC(=O)N2CCC(c3ccc(-c4c(-c5nn(C(C)C)c6ncnc(N)c56)noc4C4CC4)nc3)CC2)C(=S)C1. The Morgan fingerprint density at radius 1 is 0.928 bits per heavy atom. The number of hydrogen-bond donors (Lipinski definition) is 3. The number of carbonyl (C=O) groups is 3. The lowest BCUT2D eigenvalue weighted by Crippen LogP contribution is -2.56. The number of thiocarbonyl (C=S) groups is 1. The molecule has 5 aliphatic rings. The molecule has 15 nitrogen and oxygen atoms in total. The number of nitrogens with two attached hydrogens (primary N) is 1. The predicted octanol–water partition coefficient (Wildman–Crippen LogP) is 9.04. The van der Waals surface area contributed by atoms with Crippen LogP contribution in [0.1, 0.15) is 151 Å². The molecule has 4 N–H and O–H groups in total. The molecule has 5 aromatic rings. The highest BCUT2D eigenvalue weighted by atomic mass is 32.1. The second-order valence-corrected chi connectivity index (χ2v) is 21.2. The van der Waals surface area contributed by atoms with Crippen LogP contribution < -0.4 is 16.4 Å². The third-order valence-electron chi connectivity index (χ3n) is 15.9. The van der Waals surface area contributed by atoms with Gasteiger partial charge in [0.05, 0.1) is 16.6 Å². The minimum atomic E-state index is -0.387. The van der Waals surface area contributed by atoms with Crippen LogP contribution in [0.15, 0.2) is 65.6 Å². The van der Waals surface area contributed by atoms with Gasteiger partial charge in [0, 0.05) is 61.7 Å². The third kappa shape index (κ3) is 9.46. The van der Waals surface area contributed by atoms with Crippen molar-refractivity contribution < 1.29 is 18.9 Å². The summed E-state index contributed by atoms with van der Waals surface area (Å²) in [6, 6.07) is 12.4. The summed E-state index contributed by atoms with van der Waals surface area (Å²) in [5, 5.41) is 15.9. The molecule has 0 bridgehead atoms. The Morgan fingerprint density at radius 3 is 2.32 bits per heavy atom. The van der Waals surface area contributed by atoms with Crippen LogP contribution in [-0.2, 0) is 14.4 Å². The second kappa shape index (κ2) is 19.5. The number of carbonyl (C=O) groups excluding carboxylic acids is 3. The highest BCUT2D eigenvalue weighted by Gasteiger charge is 2.44. The van der Waals surface area contributed by atoms with E-state index in [1.807, 2.05) is 10.9 Å². The van der Waals surface area contributed by atoms with Gasteiger partial charge >= 0.3 is 0 Å². The summed E-state index contributed by atoms with van der Waals surface area (Å²) in [7, 11) is 0. The lowest BCUT2D eigenvalue weighted by Gasteiger charge is -2.51. The van der Waals surface area contributed by atoms with Gasteiger partial charge in [-0.05, 0) is 156 Å². The lowest BCUT2D eigenvalue weighted by molar-refractivity contribution is -0.134. The fraction of sp³-hybridized carbons (Fsp3) is 0.528. The van der Waals surface area contributed by atoms with E-state index in [2.05, 4.69) is 99.3 Å². The molecule has 362 valence electrons. The quantitative estimate of drug-likeness (QED) is 0.0544. The fourth-order valence-corrected chi connectivity index (χ4v) is 12.1. The number of anilines is 2. The average Bonchev–Trinajstić information content (AvgIpc) is 3.98. The number of hydrogen-bond acceptors (Lipinski definition) is 13. The molecule has 16 heteroatoms. The smallest absolute Gasteiger partial charge is 0.249 e. The van der Waals surface area contributed by atoms with E-state index < -0.39 is 0 Å². The van der Waals surface area contributed by atoms with E-state index in [0.29, 0.717) is 71.2 Å². The van der Waals surface area contributed by atoms with Crippen molar-refractivity contribution in [3.8, 4) is 22.6 Å². The Hall–Kier alpha value is -5.87. The minimum absolute atomic E-state index is 0.0541. The summed E-state index contributed by atoms with van der Waals surface area (Å²) >= 11 is 6.19. The third-order valence-corrected chi connectivity index (χ3v) is 16.4. The maximum atomic E-state index is 13.6. The van der Waals surface area contributed by atoms with Crippen LogP contribution in [0.5, 0.6) is 0 Å². The molecule has 1 aromatic carbocycles. The first-order valence-corrected chi connectivity index (χ1v) is 25.6. The zero-order chi connectivity index (χ0) is 48.0. The average molecular weight is 952 g/mol. The van der Waals surface area contributed by atoms with Crippen molar-refractivity contribution in [2.75, 3.05) is 37.2 Å². The van der Waals surface area contributed by atoms with Crippen LogP contribution >= 0.6 is 12.2 Å². The van der Waals surface area contributed by atoms with Gasteiger partial charge in [-0.2, -0.15) is 5.10 Å². The van der Waals surface area contributed by atoms with Crippen molar-refractivity contribution in [1.29, 1.82) is 0 Å². The Balaban J connectivity index is 0.692. The fourth-order valence-electron chi connectivity index (χ4n) is 11.6. The van der Waals surface area contributed by atoms with Crippen LogP contribution in [0.3, 0.4) is 0 Å². The summed E-state index contributed by atoms with van der Waals surface area (Å²) in [5.41, 5.74) is 14.4. The van der Waals surface area contributed by atoms with Crippen LogP contribution in [0, 0.1) is 5.92 Å². The highest BCUT2D eigenvalue weighted by Crippen LogP contribution is 2.49. The van der Waals surface area contributed by atoms with E-state index in [-0.39, 0.29) is 35.3 Å². The first-order chi connectivity index (χ1) is 33.4. The van der Waals surface area contributed by atoms with E-state index in [0.717, 1.165) is 124 Å². The zero-order valence-electron chi connectivity index (χ0n) is 40.2. The predicted molar refractivity (Wildman–Crippen MR) is 270 cm³/mol. The summed E-state index contributed by atoms with van der Waals surface area (Å²) < 4.78 is 7.88. The Kier molecular flexibility index (Phi) is 13.2. The molecule has 2 saturated carbocycles. The van der Waals surface area contributed by atoms with E-state index in [1.54, 1.807) is 0 Å². The van der Waals surface area contributed by atoms with Gasteiger partial charge in [0.15, 0.2) is 5.65 Å². The van der Waals surface area contributed by atoms with E-state index in [4.69, 9.17) is 32.6 Å². The Labute approximate surface area is 409 Å². The van der Waals surface area contributed by atoms with Gasteiger partial charge in [-0.15, -0.1) is 0 Å². The number of nitrogens with one attached hydrogen (secondary N) is 2. The number of likely N-dealkylation sites (tertiary alicyclic amines) is 2. The second-order valence-electron chi connectivity index (χ2n) is 20.6. The van der Waals surface area contributed by atoms with Crippen molar-refractivity contribution in [2.24, 2.45) is 5.92 Å². The molecule has 10 rings (SSSR count). The molecule has 3 saturated heterocycles. The molecule has 5 fully saturated rings.